The molecule has 3 aromatic heterocycles. The van der Waals surface area contributed by atoms with E-state index < -0.39 is 17.1 Å². The van der Waals surface area contributed by atoms with Crippen molar-refractivity contribution in [3.05, 3.63) is 93.4 Å². The standard InChI is InChI=1S/C23H17FN4O3S/c1-13-11-27(12-25-13)18-8-3-14(9-19(18)31-2)20-10-17-21(32-20)26-23(30)28(22(17)29)16-6-4-15(24)5-7-16/h3-12H,1-2H3,(H,26,30). The molecule has 0 unspecified atom stereocenters. The maximum absolute atomic E-state index is 13.3. The molecule has 9 heteroatoms. The lowest BCUT2D eigenvalue weighted by Crippen LogP contribution is -2.33. The number of aromatic amines is 1. The predicted molar refractivity (Wildman–Crippen MR) is 122 cm³/mol. The van der Waals surface area contributed by atoms with Crippen LogP contribution >= 0.6 is 11.3 Å². The van der Waals surface area contributed by atoms with Crippen LogP contribution in [0.2, 0.25) is 0 Å². The first kappa shape index (κ1) is 20.0. The predicted octanol–water partition coefficient (Wildman–Crippen LogP) is 4.05. The number of aromatic nitrogens is 4. The smallest absolute Gasteiger partial charge is 0.334 e. The first-order valence-corrected chi connectivity index (χ1v) is 10.5. The van der Waals surface area contributed by atoms with Crippen LogP contribution in [0.3, 0.4) is 0 Å². The molecule has 0 spiro atoms. The second-order valence-corrected chi connectivity index (χ2v) is 8.26. The van der Waals surface area contributed by atoms with Crippen LogP contribution in [0, 0.1) is 12.7 Å². The Morgan fingerprint density at radius 1 is 1.09 bits per heavy atom. The molecule has 2 aromatic carbocycles. The Balaban J connectivity index is 1.63. The average molecular weight is 448 g/mol. The van der Waals surface area contributed by atoms with Crippen molar-refractivity contribution in [2.75, 3.05) is 7.11 Å². The van der Waals surface area contributed by atoms with Crippen LogP contribution in [0.25, 0.3) is 32.0 Å². The Hall–Kier alpha value is -3.98. The van der Waals surface area contributed by atoms with Gasteiger partial charge in [-0.25, -0.2) is 18.7 Å². The fourth-order valence-corrected chi connectivity index (χ4v) is 4.61. The van der Waals surface area contributed by atoms with Crippen LogP contribution in [0.15, 0.2) is 70.6 Å². The summed E-state index contributed by atoms with van der Waals surface area (Å²) in [5, 5.41) is 0.377. The summed E-state index contributed by atoms with van der Waals surface area (Å²) >= 11 is 1.31. The topological polar surface area (TPSA) is 81.9 Å². The van der Waals surface area contributed by atoms with Gasteiger partial charge in [-0.2, -0.15) is 0 Å². The number of rotatable bonds is 4. The third kappa shape index (κ3) is 3.32. The van der Waals surface area contributed by atoms with Crippen LogP contribution in [0.1, 0.15) is 5.69 Å². The molecule has 0 aliphatic heterocycles. The first-order chi connectivity index (χ1) is 15.4. The van der Waals surface area contributed by atoms with Gasteiger partial charge in [0.05, 0.1) is 35.9 Å². The monoisotopic (exact) mass is 448 g/mol. The van der Waals surface area contributed by atoms with Crippen molar-refractivity contribution in [2.45, 2.75) is 6.92 Å². The van der Waals surface area contributed by atoms with Crippen LogP contribution in [-0.4, -0.2) is 26.2 Å². The second kappa shape index (κ2) is 7.61. The van der Waals surface area contributed by atoms with Crippen LogP contribution in [0.5, 0.6) is 5.75 Å². The number of nitrogens with one attached hydrogen (secondary N) is 1. The molecule has 0 amide bonds. The van der Waals surface area contributed by atoms with E-state index in [4.69, 9.17) is 4.74 Å². The van der Waals surface area contributed by atoms with Crippen molar-refractivity contribution in [1.29, 1.82) is 0 Å². The molecule has 5 aromatic rings. The van der Waals surface area contributed by atoms with Gasteiger partial charge in [-0.15, -0.1) is 11.3 Å². The van der Waals surface area contributed by atoms with Crippen LogP contribution in [0.4, 0.5) is 4.39 Å². The normalized spacial score (nSPS) is 11.2. The van der Waals surface area contributed by atoms with Gasteiger partial charge < -0.3 is 9.30 Å². The van der Waals surface area contributed by atoms with E-state index in [1.807, 2.05) is 35.9 Å². The minimum absolute atomic E-state index is 0.300. The van der Waals surface area contributed by atoms with Crippen LogP contribution < -0.4 is 16.0 Å². The molecule has 160 valence electrons. The summed E-state index contributed by atoms with van der Waals surface area (Å²) in [6.45, 7) is 1.91. The van der Waals surface area contributed by atoms with Crippen molar-refractivity contribution in [1.82, 2.24) is 19.1 Å². The third-order valence-corrected chi connectivity index (χ3v) is 6.23. The summed E-state index contributed by atoms with van der Waals surface area (Å²) < 4.78 is 21.7. The number of methoxy groups -OCH3 is 1. The highest BCUT2D eigenvalue weighted by Crippen LogP contribution is 2.35. The molecule has 7 nitrogen and oxygen atoms in total. The molecule has 0 saturated carbocycles. The largest absolute Gasteiger partial charge is 0.495 e. The van der Waals surface area contributed by atoms with Gasteiger partial charge in [0.2, 0.25) is 0 Å². The van der Waals surface area contributed by atoms with Gasteiger partial charge in [0.25, 0.3) is 5.56 Å². The second-order valence-electron chi connectivity index (χ2n) is 7.21. The highest BCUT2D eigenvalue weighted by Gasteiger charge is 2.15. The molecular formula is C23H17FN4O3S. The average Bonchev–Trinajstić information content (AvgIpc) is 3.41. The number of ether oxygens (including phenoxy) is 1. The third-order valence-electron chi connectivity index (χ3n) is 5.13. The van der Waals surface area contributed by atoms with Crippen LogP contribution in [-0.2, 0) is 0 Å². The molecule has 0 atom stereocenters. The summed E-state index contributed by atoms with van der Waals surface area (Å²) in [5.74, 6) is 0.204. The van der Waals surface area contributed by atoms with Gasteiger partial charge in [0, 0.05) is 11.1 Å². The molecule has 32 heavy (non-hydrogen) atoms. The van der Waals surface area contributed by atoms with E-state index >= 15 is 0 Å². The van der Waals surface area contributed by atoms with Gasteiger partial charge in [0.1, 0.15) is 16.4 Å². The van der Waals surface area contributed by atoms with E-state index in [1.165, 1.54) is 35.6 Å². The summed E-state index contributed by atoms with van der Waals surface area (Å²) in [4.78, 5) is 33.9. The molecule has 1 N–H and O–H groups in total. The zero-order chi connectivity index (χ0) is 22.4. The molecule has 3 heterocycles. The summed E-state index contributed by atoms with van der Waals surface area (Å²) in [5.41, 5.74) is 1.83. The van der Waals surface area contributed by atoms with Crippen molar-refractivity contribution in [3.63, 3.8) is 0 Å². The Morgan fingerprint density at radius 3 is 2.56 bits per heavy atom. The van der Waals surface area contributed by atoms with E-state index in [0.29, 0.717) is 21.7 Å². The fraction of sp³-hybridized carbons (Fsp3) is 0.0870. The minimum atomic E-state index is -0.578. The Labute approximate surface area is 185 Å². The van der Waals surface area contributed by atoms with Crippen molar-refractivity contribution in [3.8, 4) is 27.6 Å². The number of nitrogens with zero attached hydrogens (tertiary/aromatic N) is 3. The number of benzene rings is 2. The SMILES string of the molecule is COc1cc(-c2cc3c(=O)n(-c4ccc(F)cc4)c(=O)[nH]c3s2)ccc1-n1cnc(C)c1. The zero-order valence-electron chi connectivity index (χ0n) is 17.1. The highest BCUT2D eigenvalue weighted by atomic mass is 32.1. The zero-order valence-corrected chi connectivity index (χ0v) is 17.9. The highest BCUT2D eigenvalue weighted by molar-refractivity contribution is 7.21. The number of H-pyrrole nitrogens is 1. The number of hydrogen-bond acceptors (Lipinski definition) is 5. The van der Waals surface area contributed by atoms with Gasteiger partial charge >= 0.3 is 5.69 Å². The van der Waals surface area contributed by atoms with Crippen molar-refractivity contribution < 1.29 is 9.13 Å². The van der Waals surface area contributed by atoms with Crippen molar-refractivity contribution in [2.24, 2.45) is 0 Å². The molecule has 0 aliphatic rings. The molecule has 0 saturated heterocycles. The van der Waals surface area contributed by atoms with E-state index in [9.17, 15) is 14.0 Å². The van der Waals surface area contributed by atoms with E-state index in [-0.39, 0.29) is 0 Å². The van der Waals surface area contributed by atoms with Gasteiger partial charge in [-0.1, -0.05) is 6.07 Å². The molecule has 0 aliphatic carbocycles. The lowest BCUT2D eigenvalue weighted by molar-refractivity contribution is 0.413. The fourth-order valence-electron chi connectivity index (χ4n) is 3.57. The molecular weight excluding hydrogens is 431 g/mol. The number of halogens is 1. The van der Waals surface area contributed by atoms with Gasteiger partial charge in [-0.3, -0.25) is 9.78 Å². The van der Waals surface area contributed by atoms with Crippen molar-refractivity contribution >= 4 is 21.6 Å². The van der Waals surface area contributed by atoms with E-state index in [1.54, 1.807) is 19.5 Å². The Morgan fingerprint density at radius 2 is 1.88 bits per heavy atom. The number of fused-ring (bicyclic) bond motifs is 1. The van der Waals surface area contributed by atoms with E-state index in [0.717, 1.165) is 26.4 Å². The number of aryl methyl sites for hydroxylation is 1. The minimum Gasteiger partial charge on any atom is -0.495 e. The summed E-state index contributed by atoms with van der Waals surface area (Å²) in [6, 6.07) is 12.7. The summed E-state index contributed by atoms with van der Waals surface area (Å²) in [6.07, 6.45) is 3.62. The molecule has 0 radical (unpaired) electrons. The number of hydrogen-bond donors (Lipinski definition) is 1. The molecule has 0 fully saturated rings. The van der Waals surface area contributed by atoms with Gasteiger partial charge in [-0.05, 0) is 55.0 Å². The van der Waals surface area contributed by atoms with Gasteiger partial charge in [0.15, 0.2) is 0 Å². The van der Waals surface area contributed by atoms with E-state index in [2.05, 4.69) is 9.97 Å². The summed E-state index contributed by atoms with van der Waals surface area (Å²) in [7, 11) is 1.59. The Bertz CT molecular complexity index is 1580. The molecule has 0 bridgehead atoms. The number of imidazole rings is 1. The lowest BCUT2D eigenvalue weighted by atomic mass is 10.1. The Kier molecular flexibility index (Phi) is 4.75. The first-order valence-electron chi connectivity index (χ1n) is 9.69. The molecule has 5 rings (SSSR count). The lowest BCUT2D eigenvalue weighted by Gasteiger charge is -2.10. The maximum Gasteiger partial charge on any atom is 0.334 e. The maximum atomic E-state index is 13.3. The quantitative estimate of drug-likeness (QED) is 0.450. The number of thiophene rings is 1.